The lowest BCUT2D eigenvalue weighted by atomic mass is 10.1. The average Bonchev–Trinajstić information content (AvgIpc) is 2.28. The fourth-order valence-corrected chi connectivity index (χ4v) is 1.66. The van der Waals surface area contributed by atoms with Crippen molar-refractivity contribution in [2.75, 3.05) is 0 Å². The van der Waals surface area contributed by atoms with Crippen LogP contribution in [0, 0.1) is 0 Å². The van der Waals surface area contributed by atoms with E-state index in [9.17, 15) is 9.90 Å². The van der Waals surface area contributed by atoms with Gasteiger partial charge in [0.15, 0.2) is 5.69 Å². The lowest BCUT2D eigenvalue weighted by molar-refractivity contribution is 0.0993. The summed E-state index contributed by atoms with van der Waals surface area (Å²) in [7, 11) is 0. The highest BCUT2D eigenvalue weighted by Gasteiger charge is 2.10. The Labute approximate surface area is 103 Å². The number of hydrogen-bond acceptors (Lipinski definition) is 3. The molecular formula is C12H9ClN2O2. The molecule has 17 heavy (non-hydrogen) atoms. The third-order valence-electron chi connectivity index (χ3n) is 2.26. The van der Waals surface area contributed by atoms with Gasteiger partial charge in [0, 0.05) is 16.8 Å². The van der Waals surface area contributed by atoms with Gasteiger partial charge in [-0.3, -0.25) is 4.79 Å². The molecular weight excluding hydrogens is 240 g/mol. The summed E-state index contributed by atoms with van der Waals surface area (Å²) < 4.78 is 0. The number of aromatic hydroxyl groups is 1. The number of hydrogen-bond donors (Lipinski definition) is 2. The van der Waals surface area contributed by atoms with Crippen LogP contribution in [-0.4, -0.2) is 16.0 Å². The lowest BCUT2D eigenvalue weighted by Crippen LogP contribution is -2.13. The van der Waals surface area contributed by atoms with E-state index in [1.807, 2.05) is 6.07 Å². The van der Waals surface area contributed by atoms with Crippen molar-refractivity contribution in [3.8, 4) is 16.9 Å². The van der Waals surface area contributed by atoms with E-state index in [0.717, 1.165) is 5.56 Å². The van der Waals surface area contributed by atoms with Gasteiger partial charge in [0.25, 0.3) is 5.91 Å². The molecule has 1 aromatic heterocycles. The molecule has 2 rings (SSSR count). The number of amides is 1. The molecule has 4 nitrogen and oxygen atoms in total. The summed E-state index contributed by atoms with van der Waals surface area (Å²) in [5.74, 6) is -1.00. The van der Waals surface area contributed by atoms with E-state index >= 15 is 0 Å². The summed E-state index contributed by atoms with van der Waals surface area (Å²) in [5, 5.41) is 10.2. The van der Waals surface area contributed by atoms with Crippen molar-refractivity contribution in [1.82, 2.24) is 4.98 Å². The van der Waals surface area contributed by atoms with E-state index < -0.39 is 5.91 Å². The fraction of sp³-hybridized carbons (Fsp3) is 0. The van der Waals surface area contributed by atoms with E-state index in [-0.39, 0.29) is 11.4 Å². The molecule has 0 bridgehead atoms. The van der Waals surface area contributed by atoms with Crippen LogP contribution >= 0.6 is 11.6 Å². The second-order valence-electron chi connectivity index (χ2n) is 3.47. The number of rotatable bonds is 2. The molecule has 0 saturated carbocycles. The van der Waals surface area contributed by atoms with Gasteiger partial charge in [-0.1, -0.05) is 23.7 Å². The second-order valence-corrected chi connectivity index (χ2v) is 3.90. The molecule has 0 saturated heterocycles. The molecule has 1 amide bonds. The molecule has 3 N–H and O–H groups in total. The normalized spacial score (nSPS) is 10.2. The second kappa shape index (κ2) is 4.43. The first-order valence-corrected chi connectivity index (χ1v) is 5.20. The minimum absolute atomic E-state index is 0.143. The van der Waals surface area contributed by atoms with Crippen LogP contribution in [0.4, 0.5) is 0 Å². The third kappa shape index (κ3) is 2.37. The summed E-state index contributed by atoms with van der Waals surface area (Å²) in [6.07, 6.45) is 1.46. The van der Waals surface area contributed by atoms with Gasteiger partial charge in [0.1, 0.15) is 5.75 Å². The van der Waals surface area contributed by atoms with Gasteiger partial charge in [-0.05, 0) is 23.8 Å². The minimum Gasteiger partial charge on any atom is -0.505 e. The molecule has 0 aliphatic carbocycles. The van der Waals surface area contributed by atoms with Gasteiger partial charge in [0.2, 0.25) is 0 Å². The molecule has 2 aromatic rings. The van der Waals surface area contributed by atoms with Crippen molar-refractivity contribution in [3.05, 3.63) is 47.2 Å². The SMILES string of the molecule is NC(=O)c1ncc(-c2cccc(Cl)c2)cc1O. The highest BCUT2D eigenvalue weighted by atomic mass is 35.5. The van der Waals surface area contributed by atoms with Crippen LogP contribution in [0.15, 0.2) is 36.5 Å². The number of carbonyl (C=O) groups is 1. The van der Waals surface area contributed by atoms with E-state index in [0.29, 0.717) is 10.6 Å². The molecule has 0 spiro atoms. The molecule has 86 valence electrons. The molecule has 1 heterocycles. The van der Waals surface area contributed by atoms with Crippen LogP contribution in [-0.2, 0) is 0 Å². The number of halogens is 1. The summed E-state index contributed by atoms with van der Waals surface area (Å²) in [6.45, 7) is 0. The maximum atomic E-state index is 10.9. The smallest absolute Gasteiger partial charge is 0.271 e. The maximum absolute atomic E-state index is 10.9. The molecule has 0 aliphatic heterocycles. The van der Waals surface area contributed by atoms with Crippen LogP contribution < -0.4 is 5.73 Å². The number of carbonyl (C=O) groups excluding carboxylic acids is 1. The van der Waals surface area contributed by atoms with Crippen molar-refractivity contribution < 1.29 is 9.90 Å². The van der Waals surface area contributed by atoms with E-state index in [4.69, 9.17) is 17.3 Å². The van der Waals surface area contributed by atoms with Crippen molar-refractivity contribution in [2.24, 2.45) is 5.73 Å². The number of benzene rings is 1. The van der Waals surface area contributed by atoms with E-state index in [2.05, 4.69) is 4.98 Å². The number of nitrogens with zero attached hydrogens (tertiary/aromatic N) is 1. The first-order valence-electron chi connectivity index (χ1n) is 4.82. The maximum Gasteiger partial charge on any atom is 0.271 e. The first-order chi connectivity index (χ1) is 8.08. The molecule has 0 unspecified atom stereocenters. The summed E-state index contributed by atoms with van der Waals surface area (Å²) in [4.78, 5) is 14.7. The summed E-state index contributed by atoms with van der Waals surface area (Å²) in [6, 6.07) is 8.53. The Morgan fingerprint density at radius 1 is 1.29 bits per heavy atom. The zero-order valence-electron chi connectivity index (χ0n) is 8.72. The number of aromatic nitrogens is 1. The topological polar surface area (TPSA) is 76.2 Å². The zero-order chi connectivity index (χ0) is 12.4. The van der Waals surface area contributed by atoms with Crippen LogP contribution in [0.3, 0.4) is 0 Å². The largest absolute Gasteiger partial charge is 0.505 e. The predicted octanol–water partition coefficient (Wildman–Crippen LogP) is 2.21. The summed E-state index contributed by atoms with van der Waals surface area (Å²) in [5.41, 5.74) is 6.37. The van der Waals surface area contributed by atoms with Gasteiger partial charge < -0.3 is 10.8 Å². The molecule has 5 heteroatoms. The standard InChI is InChI=1S/C12H9ClN2O2/c13-9-3-1-2-7(4-9)8-5-10(16)11(12(14)17)15-6-8/h1-6,16H,(H2,14,17). The van der Waals surface area contributed by atoms with E-state index in [1.54, 1.807) is 18.2 Å². The Morgan fingerprint density at radius 2 is 2.06 bits per heavy atom. The Balaban J connectivity index is 2.48. The molecule has 0 aliphatic rings. The van der Waals surface area contributed by atoms with Crippen molar-refractivity contribution in [2.45, 2.75) is 0 Å². The van der Waals surface area contributed by atoms with Crippen molar-refractivity contribution in [1.29, 1.82) is 0 Å². The van der Waals surface area contributed by atoms with Crippen LogP contribution in [0.2, 0.25) is 5.02 Å². The third-order valence-corrected chi connectivity index (χ3v) is 2.49. The van der Waals surface area contributed by atoms with Crippen molar-refractivity contribution in [3.63, 3.8) is 0 Å². The predicted molar refractivity (Wildman–Crippen MR) is 64.9 cm³/mol. The molecule has 0 fully saturated rings. The van der Waals surface area contributed by atoms with Crippen LogP contribution in [0.1, 0.15) is 10.5 Å². The van der Waals surface area contributed by atoms with Gasteiger partial charge >= 0.3 is 0 Å². The fourth-order valence-electron chi connectivity index (χ4n) is 1.47. The Hall–Kier alpha value is -2.07. The van der Waals surface area contributed by atoms with Gasteiger partial charge in [-0.25, -0.2) is 4.98 Å². The first kappa shape index (κ1) is 11.4. The van der Waals surface area contributed by atoms with Gasteiger partial charge in [-0.15, -0.1) is 0 Å². The highest BCUT2D eigenvalue weighted by Crippen LogP contribution is 2.26. The van der Waals surface area contributed by atoms with E-state index in [1.165, 1.54) is 12.3 Å². The number of nitrogens with two attached hydrogens (primary N) is 1. The quantitative estimate of drug-likeness (QED) is 0.855. The molecule has 1 aromatic carbocycles. The molecule has 0 radical (unpaired) electrons. The minimum atomic E-state index is -0.764. The zero-order valence-corrected chi connectivity index (χ0v) is 9.48. The van der Waals surface area contributed by atoms with Crippen LogP contribution in [0.5, 0.6) is 5.75 Å². The Morgan fingerprint density at radius 3 is 2.65 bits per heavy atom. The Bertz CT molecular complexity index is 584. The van der Waals surface area contributed by atoms with Gasteiger partial charge in [-0.2, -0.15) is 0 Å². The number of pyridine rings is 1. The summed E-state index contributed by atoms with van der Waals surface area (Å²) >= 11 is 5.86. The monoisotopic (exact) mass is 248 g/mol. The van der Waals surface area contributed by atoms with Crippen LogP contribution in [0.25, 0.3) is 11.1 Å². The Kier molecular flexibility index (Phi) is 2.97. The van der Waals surface area contributed by atoms with Crippen molar-refractivity contribution >= 4 is 17.5 Å². The average molecular weight is 249 g/mol. The highest BCUT2D eigenvalue weighted by molar-refractivity contribution is 6.30. The van der Waals surface area contributed by atoms with Gasteiger partial charge in [0.05, 0.1) is 0 Å². The number of primary amides is 1. The lowest BCUT2D eigenvalue weighted by Gasteiger charge is -2.04. The molecule has 0 atom stereocenters.